The van der Waals surface area contributed by atoms with Gasteiger partial charge in [0, 0.05) is 6.54 Å². The largest absolute Gasteiger partial charge is 0.367 e. The SMILES string of the molecule is CCc1nnc(NCC(C)(C)C(C)C)c(C#N)c1CC. The van der Waals surface area contributed by atoms with E-state index in [2.05, 4.69) is 56.2 Å². The summed E-state index contributed by atoms with van der Waals surface area (Å²) in [4.78, 5) is 0. The Kier molecular flexibility index (Phi) is 5.50. The number of nitrogens with zero attached hydrogens (tertiary/aromatic N) is 3. The van der Waals surface area contributed by atoms with Crippen molar-refractivity contribution in [2.45, 2.75) is 54.4 Å². The number of hydrogen-bond donors (Lipinski definition) is 1. The summed E-state index contributed by atoms with van der Waals surface area (Å²) in [6.07, 6.45) is 1.62. The van der Waals surface area contributed by atoms with Crippen molar-refractivity contribution in [1.82, 2.24) is 10.2 Å². The molecule has 4 heteroatoms. The number of aryl methyl sites for hydroxylation is 1. The molecule has 110 valence electrons. The summed E-state index contributed by atoms with van der Waals surface area (Å²) in [5.41, 5.74) is 2.75. The molecule has 1 aromatic heterocycles. The molecule has 20 heavy (non-hydrogen) atoms. The van der Waals surface area contributed by atoms with Gasteiger partial charge >= 0.3 is 0 Å². The van der Waals surface area contributed by atoms with Gasteiger partial charge in [0.2, 0.25) is 0 Å². The smallest absolute Gasteiger partial charge is 0.166 e. The monoisotopic (exact) mass is 274 g/mol. The fraction of sp³-hybridized carbons (Fsp3) is 0.688. The molecule has 0 amide bonds. The molecule has 0 fully saturated rings. The minimum absolute atomic E-state index is 0.143. The van der Waals surface area contributed by atoms with Crippen molar-refractivity contribution in [3.8, 4) is 6.07 Å². The lowest BCUT2D eigenvalue weighted by Gasteiger charge is -2.29. The van der Waals surface area contributed by atoms with E-state index in [0.717, 1.165) is 30.6 Å². The number of anilines is 1. The van der Waals surface area contributed by atoms with Crippen LogP contribution in [0.3, 0.4) is 0 Å². The zero-order valence-electron chi connectivity index (χ0n) is 13.5. The van der Waals surface area contributed by atoms with Crippen LogP contribution in [0.15, 0.2) is 0 Å². The minimum Gasteiger partial charge on any atom is -0.367 e. The lowest BCUT2D eigenvalue weighted by Crippen LogP contribution is -2.29. The molecule has 4 nitrogen and oxygen atoms in total. The highest BCUT2D eigenvalue weighted by molar-refractivity contribution is 5.56. The van der Waals surface area contributed by atoms with E-state index >= 15 is 0 Å². The van der Waals surface area contributed by atoms with Crippen LogP contribution in [0.5, 0.6) is 0 Å². The molecule has 0 aliphatic rings. The van der Waals surface area contributed by atoms with Crippen LogP contribution >= 0.6 is 0 Å². The Balaban J connectivity index is 3.06. The summed E-state index contributed by atoms with van der Waals surface area (Å²) in [6, 6.07) is 2.29. The van der Waals surface area contributed by atoms with Crippen LogP contribution < -0.4 is 5.32 Å². The van der Waals surface area contributed by atoms with E-state index in [-0.39, 0.29) is 5.41 Å². The van der Waals surface area contributed by atoms with Crippen molar-refractivity contribution >= 4 is 5.82 Å². The third-order valence-corrected chi connectivity index (χ3v) is 4.23. The Hall–Kier alpha value is -1.63. The van der Waals surface area contributed by atoms with Crippen molar-refractivity contribution in [2.24, 2.45) is 11.3 Å². The average molecular weight is 274 g/mol. The number of nitriles is 1. The van der Waals surface area contributed by atoms with E-state index < -0.39 is 0 Å². The molecular weight excluding hydrogens is 248 g/mol. The Morgan fingerprint density at radius 2 is 1.85 bits per heavy atom. The molecule has 1 heterocycles. The summed E-state index contributed by atoms with van der Waals surface area (Å²) < 4.78 is 0. The van der Waals surface area contributed by atoms with Crippen LogP contribution in [0, 0.1) is 22.7 Å². The molecule has 0 aromatic carbocycles. The van der Waals surface area contributed by atoms with Gasteiger partial charge in [-0.1, -0.05) is 41.5 Å². The molecule has 0 saturated heterocycles. The highest BCUT2D eigenvalue weighted by atomic mass is 15.2. The molecule has 0 unspecified atom stereocenters. The maximum absolute atomic E-state index is 9.43. The molecule has 1 rings (SSSR count). The van der Waals surface area contributed by atoms with Gasteiger partial charge in [0.1, 0.15) is 11.6 Å². The Bertz CT molecular complexity index is 498. The van der Waals surface area contributed by atoms with E-state index in [9.17, 15) is 5.26 Å². The Labute approximate surface area is 122 Å². The maximum Gasteiger partial charge on any atom is 0.166 e. The lowest BCUT2D eigenvalue weighted by molar-refractivity contribution is 0.269. The predicted octanol–water partition coefficient (Wildman–Crippen LogP) is 3.57. The highest BCUT2D eigenvalue weighted by Gasteiger charge is 2.23. The Morgan fingerprint density at radius 1 is 1.20 bits per heavy atom. The molecule has 0 spiro atoms. The quantitative estimate of drug-likeness (QED) is 0.861. The molecule has 0 atom stereocenters. The first kappa shape index (κ1) is 16.4. The van der Waals surface area contributed by atoms with Gasteiger partial charge in [-0.05, 0) is 29.7 Å². The molecule has 0 saturated carbocycles. The molecule has 0 aliphatic carbocycles. The van der Waals surface area contributed by atoms with Crippen molar-refractivity contribution < 1.29 is 0 Å². The molecular formula is C16H26N4. The van der Waals surface area contributed by atoms with E-state index in [1.807, 2.05) is 6.92 Å². The maximum atomic E-state index is 9.43. The normalized spacial score (nSPS) is 11.5. The van der Waals surface area contributed by atoms with Gasteiger partial charge in [-0.3, -0.25) is 0 Å². The predicted molar refractivity (Wildman–Crippen MR) is 82.6 cm³/mol. The fourth-order valence-corrected chi connectivity index (χ4v) is 1.93. The number of rotatable bonds is 6. The van der Waals surface area contributed by atoms with Crippen LogP contribution in [0.4, 0.5) is 5.82 Å². The van der Waals surface area contributed by atoms with Gasteiger partial charge in [-0.15, -0.1) is 5.10 Å². The number of aromatic nitrogens is 2. The number of nitrogens with one attached hydrogen (secondary N) is 1. The Morgan fingerprint density at radius 3 is 2.30 bits per heavy atom. The van der Waals surface area contributed by atoms with Crippen LogP contribution in [-0.2, 0) is 12.8 Å². The average Bonchev–Trinajstić information content (AvgIpc) is 2.43. The first-order chi connectivity index (χ1) is 9.37. The second kappa shape index (κ2) is 6.69. The first-order valence-electron chi connectivity index (χ1n) is 7.39. The molecule has 1 N–H and O–H groups in total. The van der Waals surface area contributed by atoms with Crippen molar-refractivity contribution in [2.75, 3.05) is 11.9 Å². The standard InChI is InChI=1S/C16H26N4/c1-7-12-13(9-17)15(20-19-14(12)8-2)18-10-16(5,6)11(3)4/h11H,7-8,10H2,1-6H3,(H,18,20). The molecule has 0 aliphatic heterocycles. The van der Waals surface area contributed by atoms with Gasteiger partial charge in [-0.2, -0.15) is 10.4 Å². The van der Waals surface area contributed by atoms with E-state index in [4.69, 9.17) is 0 Å². The first-order valence-corrected chi connectivity index (χ1v) is 7.39. The summed E-state index contributed by atoms with van der Waals surface area (Å²) in [7, 11) is 0. The van der Waals surface area contributed by atoms with Crippen LogP contribution in [0.2, 0.25) is 0 Å². The lowest BCUT2D eigenvalue weighted by atomic mass is 9.81. The van der Waals surface area contributed by atoms with Crippen LogP contribution in [0.1, 0.15) is 58.4 Å². The van der Waals surface area contributed by atoms with Gasteiger partial charge in [0.05, 0.1) is 5.69 Å². The third-order valence-electron chi connectivity index (χ3n) is 4.23. The second-order valence-corrected chi connectivity index (χ2v) is 6.16. The third kappa shape index (κ3) is 3.47. The highest BCUT2D eigenvalue weighted by Crippen LogP contribution is 2.27. The van der Waals surface area contributed by atoms with Gasteiger partial charge in [0.25, 0.3) is 0 Å². The minimum atomic E-state index is 0.143. The van der Waals surface area contributed by atoms with E-state index in [1.165, 1.54) is 0 Å². The van der Waals surface area contributed by atoms with E-state index in [0.29, 0.717) is 17.3 Å². The zero-order valence-corrected chi connectivity index (χ0v) is 13.5. The zero-order chi connectivity index (χ0) is 15.3. The van der Waals surface area contributed by atoms with Gasteiger partial charge < -0.3 is 5.32 Å². The summed E-state index contributed by atoms with van der Waals surface area (Å²) in [5, 5.41) is 21.2. The topological polar surface area (TPSA) is 61.6 Å². The summed E-state index contributed by atoms with van der Waals surface area (Å²) in [5.74, 6) is 1.17. The number of hydrogen-bond acceptors (Lipinski definition) is 4. The fourth-order valence-electron chi connectivity index (χ4n) is 1.93. The molecule has 0 bridgehead atoms. The van der Waals surface area contributed by atoms with Crippen LogP contribution in [0.25, 0.3) is 0 Å². The molecule has 1 aromatic rings. The van der Waals surface area contributed by atoms with Gasteiger partial charge in [-0.25, -0.2) is 0 Å². The van der Waals surface area contributed by atoms with E-state index in [1.54, 1.807) is 0 Å². The van der Waals surface area contributed by atoms with Crippen LogP contribution in [-0.4, -0.2) is 16.7 Å². The second-order valence-electron chi connectivity index (χ2n) is 6.16. The van der Waals surface area contributed by atoms with Crippen molar-refractivity contribution in [3.63, 3.8) is 0 Å². The summed E-state index contributed by atoms with van der Waals surface area (Å²) >= 11 is 0. The summed E-state index contributed by atoms with van der Waals surface area (Å²) in [6.45, 7) is 13.7. The molecule has 0 radical (unpaired) electrons. The van der Waals surface area contributed by atoms with Gasteiger partial charge in [0.15, 0.2) is 5.82 Å². The van der Waals surface area contributed by atoms with Crippen molar-refractivity contribution in [3.05, 3.63) is 16.8 Å². The van der Waals surface area contributed by atoms with Crippen molar-refractivity contribution in [1.29, 1.82) is 5.26 Å².